The number of hydrogen-bond donors (Lipinski definition) is 1. The van der Waals surface area contributed by atoms with Gasteiger partial charge in [-0.1, -0.05) is 56.3 Å². The molecule has 0 saturated carbocycles. The largest absolute Gasteiger partial charge is 0.489 e. The van der Waals surface area contributed by atoms with Gasteiger partial charge in [0.1, 0.15) is 29.8 Å². The highest BCUT2D eigenvalue weighted by atomic mass is 16.5. The number of rotatable bonds is 4. The van der Waals surface area contributed by atoms with Gasteiger partial charge in [0.05, 0.1) is 5.92 Å². The van der Waals surface area contributed by atoms with Crippen LogP contribution in [0.15, 0.2) is 77.4 Å². The molecule has 0 unspecified atom stereocenters. The van der Waals surface area contributed by atoms with Crippen LogP contribution < -0.4 is 10.5 Å². The number of ether oxygens (including phenoxy) is 2. The number of nitriles is 1. The van der Waals surface area contributed by atoms with Crippen LogP contribution in [-0.2, 0) is 16.1 Å². The van der Waals surface area contributed by atoms with Gasteiger partial charge in [-0.25, -0.2) is 0 Å². The van der Waals surface area contributed by atoms with Crippen LogP contribution in [0.5, 0.6) is 5.75 Å². The number of carbonyl (C=O) groups excluding carboxylic acids is 1. The molecule has 5 heteroatoms. The highest BCUT2D eigenvalue weighted by Gasteiger charge is 2.42. The molecule has 152 valence electrons. The van der Waals surface area contributed by atoms with Crippen molar-refractivity contribution in [3.8, 4) is 11.8 Å². The molecule has 30 heavy (non-hydrogen) atoms. The highest BCUT2D eigenvalue weighted by Crippen LogP contribution is 2.47. The van der Waals surface area contributed by atoms with Crippen LogP contribution in [0.4, 0.5) is 0 Å². The summed E-state index contributed by atoms with van der Waals surface area (Å²) >= 11 is 0. The van der Waals surface area contributed by atoms with Gasteiger partial charge in [0, 0.05) is 18.4 Å². The molecule has 0 spiro atoms. The molecule has 0 saturated heterocycles. The lowest BCUT2D eigenvalue weighted by atomic mass is 9.70. The van der Waals surface area contributed by atoms with E-state index in [-0.39, 0.29) is 22.7 Å². The first-order valence-electron chi connectivity index (χ1n) is 9.98. The molecule has 0 fully saturated rings. The maximum Gasteiger partial charge on any atom is 0.205 e. The molecule has 2 aromatic carbocycles. The van der Waals surface area contributed by atoms with Gasteiger partial charge in [-0.15, -0.1) is 0 Å². The fourth-order valence-corrected chi connectivity index (χ4v) is 4.12. The number of ketones is 1. The van der Waals surface area contributed by atoms with Crippen molar-refractivity contribution in [2.24, 2.45) is 11.1 Å². The van der Waals surface area contributed by atoms with Crippen molar-refractivity contribution in [2.45, 2.75) is 39.2 Å². The lowest BCUT2D eigenvalue weighted by molar-refractivity contribution is -0.119. The maximum absolute atomic E-state index is 13.0. The third kappa shape index (κ3) is 3.81. The molecule has 0 radical (unpaired) electrons. The minimum Gasteiger partial charge on any atom is -0.489 e. The molecule has 2 aliphatic rings. The SMILES string of the molecule is CC1(C)CC(=O)C2=C(C1)OC(N)=C(C#N)[C@H]2c1ccc(OCc2ccccc2)cc1. The van der Waals surface area contributed by atoms with E-state index >= 15 is 0 Å². The van der Waals surface area contributed by atoms with Crippen molar-refractivity contribution >= 4 is 5.78 Å². The van der Waals surface area contributed by atoms with E-state index in [2.05, 4.69) is 6.07 Å². The standard InChI is InChI=1S/C25H24N2O3/c1-25(2)12-20(28)23-21(13-25)30-24(27)19(14-26)22(23)17-8-10-18(11-9-17)29-15-16-6-4-3-5-7-16/h3-11,22H,12-13,15,27H2,1-2H3/t22-/m1/s1. The lowest BCUT2D eigenvalue weighted by Gasteiger charge is -2.37. The maximum atomic E-state index is 13.0. The van der Waals surface area contributed by atoms with Gasteiger partial charge in [0.2, 0.25) is 5.88 Å². The van der Waals surface area contributed by atoms with Gasteiger partial charge in [-0.05, 0) is 28.7 Å². The van der Waals surface area contributed by atoms with E-state index in [1.165, 1.54) is 0 Å². The van der Waals surface area contributed by atoms with Crippen LogP contribution in [0.25, 0.3) is 0 Å². The number of Topliss-reactive ketones (excluding diaryl/α,β-unsaturated/α-hetero) is 1. The monoisotopic (exact) mass is 400 g/mol. The van der Waals surface area contributed by atoms with Crippen LogP contribution in [0.3, 0.4) is 0 Å². The summed E-state index contributed by atoms with van der Waals surface area (Å²) in [5.74, 6) is 0.884. The number of nitrogens with two attached hydrogens (primary N) is 1. The van der Waals surface area contributed by atoms with Gasteiger partial charge in [0.25, 0.3) is 0 Å². The number of hydrogen-bond acceptors (Lipinski definition) is 5. The second-order valence-corrected chi connectivity index (χ2v) is 8.55. The fraction of sp³-hybridized carbons (Fsp3) is 0.280. The summed E-state index contributed by atoms with van der Waals surface area (Å²) in [5, 5.41) is 9.71. The molecule has 4 rings (SSSR count). The summed E-state index contributed by atoms with van der Waals surface area (Å²) in [5.41, 5.74) is 8.61. The molecule has 1 heterocycles. The van der Waals surface area contributed by atoms with Crippen molar-refractivity contribution in [1.82, 2.24) is 0 Å². The number of nitrogens with zero attached hydrogens (tertiary/aromatic N) is 1. The Balaban J connectivity index is 1.63. The first kappa shape index (κ1) is 19.8. The Bertz CT molecular complexity index is 1070. The van der Waals surface area contributed by atoms with Crippen molar-refractivity contribution in [3.63, 3.8) is 0 Å². The zero-order valence-corrected chi connectivity index (χ0v) is 17.1. The molecule has 2 N–H and O–H groups in total. The van der Waals surface area contributed by atoms with Crippen LogP contribution in [0.1, 0.15) is 43.7 Å². The summed E-state index contributed by atoms with van der Waals surface area (Å²) in [7, 11) is 0. The van der Waals surface area contributed by atoms with Crippen LogP contribution in [0, 0.1) is 16.7 Å². The number of carbonyl (C=O) groups is 1. The molecular weight excluding hydrogens is 376 g/mol. The van der Waals surface area contributed by atoms with E-state index < -0.39 is 5.92 Å². The Morgan fingerprint density at radius 1 is 1.13 bits per heavy atom. The molecule has 1 aliphatic heterocycles. The van der Waals surface area contributed by atoms with E-state index in [0.717, 1.165) is 16.9 Å². The summed E-state index contributed by atoms with van der Waals surface area (Å²) in [6.07, 6.45) is 1.03. The zero-order chi connectivity index (χ0) is 21.3. The minimum atomic E-state index is -0.509. The van der Waals surface area contributed by atoms with E-state index in [0.29, 0.717) is 30.8 Å². The number of allylic oxidation sites excluding steroid dienone is 3. The molecule has 0 bridgehead atoms. The quantitative estimate of drug-likeness (QED) is 0.803. The topological polar surface area (TPSA) is 85.3 Å². The molecule has 2 aromatic rings. The summed E-state index contributed by atoms with van der Waals surface area (Å²) in [6.45, 7) is 4.54. The smallest absolute Gasteiger partial charge is 0.205 e. The summed E-state index contributed by atoms with van der Waals surface area (Å²) in [4.78, 5) is 13.0. The third-order valence-electron chi connectivity index (χ3n) is 5.54. The zero-order valence-electron chi connectivity index (χ0n) is 17.1. The average Bonchev–Trinajstić information content (AvgIpc) is 2.71. The Kier molecular flexibility index (Phi) is 5.09. The van der Waals surface area contributed by atoms with Crippen LogP contribution >= 0.6 is 0 Å². The van der Waals surface area contributed by atoms with Crippen LogP contribution in [0.2, 0.25) is 0 Å². The minimum absolute atomic E-state index is 0.0101. The number of benzene rings is 2. The first-order chi connectivity index (χ1) is 14.4. The summed E-state index contributed by atoms with van der Waals surface area (Å²) < 4.78 is 11.6. The van der Waals surface area contributed by atoms with Gasteiger partial charge in [-0.3, -0.25) is 4.79 Å². The molecule has 0 aromatic heterocycles. The predicted molar refractivity (Wildman–Crippen MR) is 113 cm³/mol. The Labute approximate surface area is 176 Å². The molecular formula is C25H24N2O3. The third-order valence-corrected chi connectivity index (χ3v) is 5.54. The molecule has 5 nitrogen and oxygen atoms in total. The van der Waals surface area contributed by atoms with E-state index in [1.54, 1.807) is 0 Å². The summed E-state index contributed by atoms with van der Waals surface area (Å²) in [6, 6.07) is 19.6. The molecule has 1 aliphatic carbocycles. The lowest BCUT2D eigenvalue weighted by Crippen LogP contribution is -2.33. The second kappa shape index (κ2) is 7.72. The van der Waals surface area contributed by atoms with E-state index in [4.69, 9.17) is 15.2 Å². The van der Waals surface area contributed by atoms with Crippen molar-refractivity contribution < 1.29 is 14.3 Å². The van der Waals surface area contributed by atoms with Crippen molar-refractivity contribution in [2.75, 3.05) is 0 Å². The van der Waals surface area contributed by atoms with Crippen molar-refractivity contribution in [3.05, 3.63) is 88.5 Å². The van der Waals surface area contributed by atoms with Gasteiger partial charge in [0.15, 0.2) is 5.78 Å². The van der Waals surface area contributed by atoms with Gasteiger partial charge >= 0.3 is 0 Å². The molecule has 0 amide bonds. The van der Waals surface area contributed by atoms with E-state index in [9.17, 15) is 10.1 Å². The fourth-order valence-electron chi connectivity index (χ4n) is 4.12. The Morgan fingerprint density at radius 2 is 1.83 bits per heavy atom. The van der Waals surface area contributed by atoms with Crippen LogP contribution in [-0.4, -0.2) is 5.78 Å². The average molecular weight is 400 g/mol. The normalized spacial score (nSPS) is 20.3. The second-order valence-electron chi connectivity index (χ2n) is 8.55. The van der Waals surface area contributed by atoms with Crippen molar-refractivity contribution in [1.29, 1.82) is 5.26 Å². The Morgan fingerprint density at radius 3 is 2.50 bits per heavy atom. The van der Waals surface area contributed by atoms with Gasteiger partial charge < -0.3 is 15.2 Å². The Hall–Kier alpha value is -3.52. The highest BCUT2D eigenvalue weighted by molar-refractivity contribution is 6.00. The van der Waals surface area contributed by atoms with E-state index in [1.807, 2.05) is 68.4 Å². The first-order valence-corrected chi connectivity index (χ1v) is 9.98. The predicted octanol–water partition coefficient (Wildman–Crippen LogP) is 4.72. The molecule has 1 atom stereocenters. The van der Waals surface area contributed by atoms with Gasteiger partial charge in [-0.2, -0.15) is 5.26 Å².